The number of nitrogens with two attached hydrogens (primary N) is 1. The third-order valence-electron chi connectivity index (χ3n) is 3.99. The molecule has 6 heteroatoms. The van der Waals surface area contributed by atoms with Gasteiger partial charge in [0.15, 0.2) is 0 Å². The first-order chi connectivity index (χ1) is 11.2. The van der Waals surface area contributed by atoms with Crippen LogP contribution in [-0.4, -0.2) is 41.5 Å². The summed E-state index contributed by atoms with van der Waals surface area (Å²) in [5.74, 6) is -0.0266. The van der Waals surface area contributed by atoms with E-state index in [1.165, 1.54) is 11.3 Å². The summed E-state index contributed by atoms with van der Waals surface area (Å²) >= 11 is 1.49. The molecule has 0 saturated carbocycles. The van der Waals surface area contributed by atoms with Gasteiger partial charge in [-0.25, -0.2) is 4.98 Å². The molecule has 1 aromatic carbocycles. The van der Waals surface area contributed by atoms with E-state index in [0.29, 0.717) is 31.8 Å². The Morgan fingerprint density at radius 2 is 2.22 bits per heavy atom. The summed E-state index contributed by atoms with van der Waals surface area (Å²) in [6.07, 6.45) is 0.627. The van der Waals surface area contributed by atoms with E-state index in [1.54, 1.807) is 0 Å². The molecule has 1 aromatic heterocycles. The molecule has 2 atom stereocenters. The highest BCUT2D eigenvalue weighted by atomic mass is 32.1. The summed E-state index contributed by atoms with van der Waals surface area (Å²) in [5.41, 5.74) is 7.16. The molecule has 1 fully saturated rings. The highest BCUT2D eigenvalue weighted by molar-refractivity contribution is 7.09. The maximum Gasteiger partial charge on any atom is 0.273 e. The zero-order chi connectivity index (χ0) is 16.2. The lowest BCUT2D eigenvalue weighted by atomic mass is 10.1. The van der Waals surface area contributed by atoms with E-state index in [2.05, 4.69) is 4.98 Å². The molecule has 5 nitrogen and oxygen atoms in total. The number of ether oxygens (including phenoxy) is 1. The predicted octanol–water partition coefficient (Wildman–Crippen LogP) is 2.25. The molecule has 3 rings (SSSR count). The fourth-order valence-electron chi connectivity index (χ4n) is 2.70. The van der Waals surface area contributed by atoms with Crippen LogP contribution >= 0.6 is 11.3 Å². The topological polar surface area (TPSA) is 68.5 Å². The van der Waals surface area contributed by atoms with Crippen LogP contribution in [0.15, 0.2) is 35.7 Å². The maximum absolute atomic E-state index is 12.8. The number of carbonyl (C=O) groups is 1. The number of amides is 1. The summed E-state index contributed by atoms with van der Waals surface area (Å²) in [4.78, 5) is 19.1. The van der Waals surface area contributed by atoms with Gasteiger partial charge in [0, 0.05) is 11.8 Å². The minimum atomic E-state index is -0.0847. The predicted molar refractivity (Wildman–Crippen MR) is 90.5 cm³/mol. The number of benzene rings is 1. The van der Waals surface area contributed by atoms with Crippen molar-refractivity contribution >= 4 is 17.2 Å². The van der Waals surface area contributed by atoms with Gasteiger partial charge in [0.1, 0.15) is 11.8 Å². The van der Waals surface area contributed by atoms with Gasteiger partial charge in [0.05, 0.1) is 24.2 Å². The number of hydrogen-bond acceptors (Lipinski definition) is 5. The van der Waals surface area contributed by atoms with Gasteiger partial charge in [-0.05, 0) is 19.0 Å². The summed E-state index contributed by atoms with van der Waals surface area (Å²) in [6.45, 7) is 3.64. The smallest absolute Gasteiger partial charge is 0.273 e. The number of aromatic nitrogens is 1. The van der Waals surface area contributed by atoms with Gasteiger partial charge >= 0.3 is 0 Å². The molecule has 122 valence electrons. The number of carbonyl (C=O) groups excluding carboxylic acids is 1. The maximum atomic E-state index is 12.8. The number of hydrogen-bond donors (Lipinski definition) is 1. The van der Waals surface area contributed by atoms with Crippen LogP contribution in [0.25, 0.3) is 0 Å². The average Bonchev–Trinajstić information content (AvgIpc) is 3.04. The second-order valence-electron chi connectivity index (χ2n) is 5.70. The van der Waals surface area contributed by atoms with Gasteiger partial charge in [0.25, 0.3) is 5.91 Å². The van der Waals surface area contributed by atoms with Crippen LogP contribution in [0.5, 0.6) is 0 Å². The summed E-state index contributed by atoms with van der Waals surface area (Å²) in [6, 6.07) is 10.1. The van der Waals surface area contributed by atoms with E-state index in [9.17, 15) is 4.79 Å². The minimum Gasteiger partial charge on any atom is -0.370 e. The first-order valence-corrected chi connectivity index (χ1v) is 8.69. The number of morpholine rings is 1. The van der Waals surface area contributed by atoms with Crippen molar-refractivity contribution in [2.24, 2.45) is 5.73 Å². The zero-order valence-corrected chi connectivity index (χ0v) is 14.0. The molecule has 0 spiro atoms. The van der Waals surface area contributed by atoms with Crippen molar-refractivity contribution in [3.05, 3.63) is 52.0 Å². The average molecular weight is 331 g/mol. The third-order valence-corrected chi connectivity index (χ3v) is 4.90. The largest absolute Gasteiger partial charge is 0.370 e. The second kappa shape index (κ2) is 7.21. The lowest BCUT2D eigenvalue weighted by Crippen LogP contribution is -2.48. The van der Waals surface area contributed by atoms with Crippen molar-refractivity contribution in [2.75, 3.05) is 19.7 Å². The molecule has 2 aromatic rings. The fraction of sp³-hybridized carbons (Fsp3) is 0.412. The van der Waals surface area contributed by atoms with E-state index in [1.807, 2.05) is 47.5 Å². The molecule has 1 saturated heterocycles. The molecule has 1 aliphatic rings. The van der Waals surface area contributed by atoms with Gasteiger partial charge in [-0.3, -0.25) is 4.79 Å². The number of rotatable bonds is 4. The first kappa shape index (κ1) is 16.1. The van der Waals surface area contributed by atoms with Crippen LogP contribution in [0.2, 0.25) is 0 Å². The minimum absolute atomic E-state index is 0.0266. The van der Waals surface area contributed by atoms with E-state index >= 15 is 0 Å². The van der Waals surface area contributed by atoms with Crippen LogP contribution in [0.3, 0.4) is 0 Å². The van der Waals surface area contributed by atoms with Gasteiger partial charge in [-0.1, -0.05) is 30.3 Å². The Bertz CT molecular complexity index is 659. The molecular formula is C17H21N3O2S. The van der Waals surface area contributed by atoms with E-state index in [-0.39, 0.29) is 18.1 Å². The fourth-order valence-corrected chi connectivity index (χ4v) is 3.49. The van der Waals surface area contributed by atoms with E-state index in [0.717, 1.165) is 10.6 Å². The molecular weight excluding hydrogens is 310 g/mol. The van der Waals surface area contributed by atoms with E-state index < -0.39 is 0 Å². The van der Waals surface area contributed by atoms with Gasteiger partial charge in [0.2, 0.25) is 0 Å². The Morgan fingerprint density at radius 1 is 1.43 bits per heavy atom. The van der Waals surface area contributed by atoms with Gasteiger partial charge < -0.3 is 15.4 Å². The lowest BCUT2D eigenvalue weighted by molar-refractivity contribution is -0.0488. The van der Waals surface area contributed by atoms with Crippen molar-refractivity contribution in [3.8, 4) is 0 Å². The Morgan fingerprint density at radius 3 is 2.96 bits per heavy atom. The molecule has 2 unspecified atom stereocenters. The van der Waals surface area contributed by atoms with Crippen molar-refractivity contribution in [1.29, 1.82) is 0 Å². The standard InChI is InChI=1S/C17H21N3O2S/c1-12-10-22-15(13-5-3-2-4-6-13)9-20(12)17(21)14-11-23-16(19-14)7-8-18/h2-6,11-12,15H,7-10,18H2,1H3. The quantitative estimate of drug-likeness (QED) is 0.933. The third kappa shape index (κ3) is 3.60. The molecule has 2 N–H and O–H groups in total. The molecule has 2 heterocycles. The van der Waals surface area contributed by atoms with Crippen LogP contribution in [0.4, 0.5) is 0 Å². The Balaban J connectivity index is 1.75. The van der Waals surface area contributed by atoms with Crippen LogP contribution in [0, 0.1) is 0 Å². The zero-order valence-electron chi connectivity index (χ0n) is 13.1. The Labute approximate surface area is 140 Å². The van der Waals surface area contributed by atoms with Crippen LogP contribution in [0.1, 0.15) is 34.1 Å². The van der Waals surface area contributed by atoms with Crippen molar-refractivity contribution < 1.29 is 9.53 Å². The van der Waals surface area contributed by atoms with Crippen LogP contribution < -0.4 is 5.73 Å². The summed E-state index contributed by atoms with van der Waals surface area (Å²) in [7, 11) is 0. The second-order valence-corrected chi connectivity index (χ2v) is 6.65. The SMILES string of the molecule is CC1COC(c2ccccc2)CN1C(=O)c1csc(CCN)n1. The normalized spacial score (nSPS) is 21.4. The number of nitrogens with zero attached hydrogens (tertiary/aromatic N) is 2. The van der Waals surface area contributed by atoms with Crippen molar-refractivity contribution in [2.45, 2.75) is 25.5 Å². The van der Waals surface area contributed by atoms with Gasteiger partial charge in [-0.15, -0.1) is 11.3 Å². The Kier molecular flexibility index (Phi) is 5.05. The summed E-state index contributed by atoms with van der Waals surface area (Å²) < 4.78 is 5.91. The Hall–Kier alpha value is -1.76. The first-order valence-electron chi connectivity index (χ1n) is 7.81. The van der Waals surface area contributed by atoms with E-state index in [4.69, 9.17) is 10.5 Å². The summed E-state index contributed by atoms with van der Waals surface area (Å²) in [5, 5.41) is 2.74. The lowest BCUT2D eigenvalue weighted by Gasteiger charge is -2.37. The molecule has 1 aliphatic heterocycles. The highest BCUT2D eigenvalue weighted by Gasteiger charge is 2.31. The monoisotopic (exact) mass is 331 g/mol. The molecule has 1 amide bonds. The number of thiazole rings is 1. The highest BCUT2D eigenvalue weighted by Crippen LogP contribution is 2.26. The van der Waals surface area contributed by atoms with Gasteiger partial charge in [-0.2, -0.15) is 0 Å². The molecule has 0 radical (unpaired) electrons. The van der Waals surface area contributed by atoms with Crippen molar-refractivity contribution in [1.82, 2.24) is 9.88 Å². The molecule has 0 aliphatic carbocycles. The van der Waals surface area contributed by atoms with Crippen LogP contribution in [-0.2, 0) is 11.2 Å². The molecule has 23 heavy (non-hydrogen) atoms. The van der Waals surface area contributed by atoms with Crippen molar-refractivity contribution in [3.63, 3.8) is 0 Å². The molecule has 0 bridgehead atoms.